The Hall–Kier alpha value is -0.280. The number of aliphatic hydroxyl groups excluding tert-OH is 5. The highest BCUT2D eigenvalue weighted by Gasteiger charge is 2.43. The van der Waals surface area contributed by atoms with Crippen molar-refractivity contribution in [1.82, 2.24) is 0 Å². The lowest BCUT2D eigenvalue weighted by atomic mass is 9.99. The van der Waals surface area contributed by atoms with Gasteiger partial charge in [-0.2, -0.15) is 0 Å². The van der Waals surface area contributed by atoms with Crippen molar-refractivity contribution in [2.24, 2.45) is 0 Å². The second-order valence-corrected chi connectivity index (χ2v) is 3.88. The smallest absolute Gasteiger partial charge is 0.186 e. The lowest BCUT2D eigenvalue weighted by molar-refractivity contribution is -0.304. The molecule has 1 rings (SSSR count). The van der Waals surface area contributed by atoms with Crippen LogP contribution in [0.4, 0.5) is 0 Å². The zero-order chi connectivity index (χ0) is 12.3. The molecule has 1 aliphatic heterocycles. The van der Waals surface area contributed by atoms with E-state index in [1.807, 2.05) is 0 Å². The molecule has 0 aliphatic carbocycles. The van der Waals surface area contributed by atoms with Gasteiger partial charge in [-0.1, -0.05) is 0 Å². The van der Waals surface area contributed by atoms with Gasteiger partial charge < -0.3 is 35.0 Å². The molecule has 0 spiro atoms. The fourth-order valence-corrected chi connectivity index (χ4v) is 1.44. The predicted octanol–water partition coefficient (Wildman–Crippen LogP) is -2.82. The first-order valence-electron chi connectivity index (χ1n) is 5.07. The van der Waals surface area contributed by atoms with Gasteiger partial charge in [-0.05, 0) is 6.92 Å². The van der Waals surface area contributed by atoms with Crippen molar-refractivity contribution >= 4 is 0 Å². The minimum absolute atomic E-state index is 0.0807. The van der Waals surface area contributed by atoms with Gasteiger partial charge in [-0.15, -0.1) is 0 Å². The highest BCUT2D eigenvalue weighted by atomic mass is 16.7. The van der Waals surface area contributed by atoms with Crippen LogP contribution in [0.3, 0.4) is 0 Å². The van der Waals surface area contributed by atoms with Crippen LogP contribution in [0, 0.1) is 0 Å². The Bertz CT molecular complexity index is 208. The standard InChI is InChI=1S/C9H18O7/c1-4(11)3-15-9-8(14)7(13)6(12)5(2-10)16-9/h4-14H,2-3H2,1H3/t4?,5-,6+,7+,8-,9-/m1/s1. The van der Waals surface area contributed by atoms with Gasteiger partial charge in [0.15, 0.2) is 6.29 Å². The summed E-state index contributed by atoms with van der Waals surface area (Å²) in [5.74, 6) is 0. The van der Waals surface area contributed by atoms with Crippen LogP contribution in [0.25, 0.3) is 0 Å². The molecule has 1 heterocycles. The molecule has 7 heteroatoms. The topological polar surface area (TPSA) is 120 Å². The summed E-state index contributed by atoms with van der Waals surface area (Å²) in [5, 5.41) is 46.2. The third-order valence-electron chi connectivity index (χ3n) is 2.35. The van der Waals surface area contributed by atoms with Crippen molar-refractivity contribution in [2.45, 2.75) is 43.7 Å². The molecule has 96 valence electrons. The van der Waals surface area contributed by atoms with Crippen molar-refractivity contribution < 1.29 is 35.0 Å². The van der Waals surface area contributed by atoms with Gasteiger partial charge in [0, 0.05) is 0 Å². The van der Waals surface area contributed by atoms with Crippen molar-refractivity contribution in [3.05, 3.63) is 0 Å². The number of hydrogen-bond donors (Lipinski definition) is 5. The van der Waals surface area contributed by atoms with Gasteiger partial charge in [-0.25, -0.2) is 0 Å². The summed E-state index contributed by atoms with van der Waals surface area (Å²) in [4.78, 5) is 0. The highest BCUT2D eigenvalue weighted by molar-refractivity contribution is 4.88. The van der Waals surface area contributed by atoms with Crippen LogP contribution >= 0.6 is 0 Å². The molecule has 6 atom stereocenters. The molecule has 1 saturated heterocycles. The fraction of sp³-hybridized carbons (Fsp3) is 1.00. The van der Waals surface area contributed by atoms with Crippen molar-refractivity contribution in [1.29, 1.82) is 0 Å². The van der Waals surface area contributed by atoms with Gasteiger partial charge in [0.05, 0.1) is 19.3 Å². The Balaban J connectivity index is 2.56. The van der Waals surface area contributed by atoms with Gasteiger partial charge in [0.25, 0.3) is 0 Å². The predicted molar refractivity (Wildman–Crippen MR) is 51.4 cm³/mol. The molecule has 5 N–H and O–H groups in total. The molecule has 1 unspecified atom stereocenters. The van der Waals surface area contributed by atoms with E-state index < -0.39 is 43.4 Å². The normalized spacial score (nSPS) is 42.0. The second kappa shape index (κ2) is 5.87. The summed E-state index contributed by atoms with van der Waals surface area (Å²) in [5.41, 5.74) is 0. The van der Waals surface area contributed by atoms with Crippen molar-refractivity contribution in [2.75, 3.05) is 13.2 Å². The van der Waals surface area contributed by atoms with E-state index in [1.54, 1.807) is 0 Å². The lowest BCUT2D eigenvalue weighted by Gasteiger charge is -2.39. The molecule has 1 fully saturated rings. The van der Waals surface area contributed by atoms with Crippen LogP contribution in [0.2, 0.25) is 0 Å². The maximum atomic E-state index is 9.51. The molecular weight excluding hydrogens is 220 g/mol. The van der Waals surface area contributed by atoms with Gasteiger partial charge in [0.2, 0.25) is 0 Å². The molecular formula is C9H18O7. The average molecular weight is 238 g/mol. The van der Waals surface area contributed by atoms with Gasteiger partial charge in [0.1, 0.15) is 24.4 Å². The van der Waals surface area contributed by atoms with E-state index in [4.69, 9.17) is 19.7 Å². The van der Waals surface area contributed by atoms with E-state index in [0.717, 1.165) is 0 Å². The summed E-state index contributed by atoms with van der Waals surface area (Å²) in [6.45, 7) is 0.909. The Labute approximate surface area is 92.9 Å². The third-order valence-corrected chi connectivity index (χ3v) is 2.35. The largest absolute Gasteiger partial charge is 0.394 e. The molecule has 0 aromatic heterocycles. The van der Waals surface area contributed by atoms with E-state index in [1.165, 1.54) is 6.92 Å². The van der Waals surface area contributed by atoms with Crippen molar-refractivity contribution in [3.8, 4) is 0 Å². The SMILES string of the molecule is CC(O)CO[C@@H]1O[C@H](CO)[C@H](O)[C@H](O)[C@H]1O. The molecule has 0 aromatic carbocycles. The molecule has 1 aliphatic rings. The summed E-state index contributed by atoms with van der Waals surface area (Å²) < 4.78 is 10.0. The van der Waals surface area contributed by atoms with E-state index in [2.05, 4.69) is 0 Å². The van der Waals surface area contributed by atoms with E-state index in [-0.39, 0.29) is 6.61 Å². The zero-order valence-corrected chi connectivity index (χ0v) is 8.93. The molecule has 0 aromatic rings. The maximum Gasteiger partial charge on any atom is 0.186 e. The molecule has 7 nitrogen and oxygen atoms in total. The van der Waals surface area contributed by atoms with Crippen LogP contribution in [0.1, 0.15) is 6.92 Å². The summed E-state index contributed by atoms with van der Waals surface area (Å²) in [6.07, 6.45) is -7.18. The average Bonchev–Trinajstić information content (AvgIpc) is 2.25. The summed E-state index contributed by atoms with van der Waals surface area (Å²) in [6, 6.07) is 0. The number of hydrogen-bond acceptors (Lipinski definition) is 7. The van der Waals surface area contributed by atoms with E-state index >= 15 is 0 Å². The van der Waals surface area contributed by atoms with Gasteiger partial charge >= 0.3 is 0 Å². The molecule has 0 amide bonds. The molecule has 0 saturated carbocycles. The Morgan fingerprint density at radius 3 is 2.31 bits per heavy atom. The molecule has 0 bridgehead atoms. The minimum Gasteiger partial charge on any atom is -0.394 e. The first-order chi connectivity index (χ1) is 7.47. The van der Waals surface area contributed by atoms with Crippen LogP contribution in [-0.4, -0.2) is 75.6 Å². The highest BCUT2D eigenvalue weighted by Crippen LogP contribution is 2.21. The first kappa shape index (κ1) is 13.8. The van der Waals surface area contributed by atoms with E-state index in [9.17, 15) is 15.3 Å². The quantitative estimate of drug-likeness (QED) is 0.358. The lowest BCUT2D eigenvalue weighted by Crippen LogP contribution is -2.59. The monoisotopic (exact) mass is 238 g/mol. The number of ether oxygens (including phenoxy) is 2. The van der Waals surface area contributed by atoms with Crippen LogP contribution in [-0.2, 0) is 9.47 Å². The zero-order valence-electron chi connectivity index (χ0n) is 8.93. The molecule has 0 radical (unpaired) electrons. The van der Waals surface area contributed by atoms with Crippen LogP contribution < -0.4 is 0 Å². The minimum atomic E-state index is -1.45. The second-order valence-electron chi connectivity index (χ2n) is 3.88. The van der Waals surface area contributed by atoms with Crippen molar-refractivity contribution in [3.63, 3.8) is 0 Å². The number of rotatable bonds is 4. The number of aliphatic hydroxyl groups is 5. The van der Waals surface area contributed by atoms with E-state index in [0.29, 0.717) is 0 Å². The third kappa shape index (κ3) is 3.11. The Kier molecular flexibility index (Phi) is 5.06. The summed E-state index contributed by atoms with van der Waals surface area (Å²) in [7, 11) is 0. The summed E-state index contributed by atoms with van der Waals surface area (Å²) >= 11 is 0. The van der Waals surface area contributed by atoms with Gasteiger partial charge in [-0.3, -0.25) is 0 Å². The Morgan fingerprint density at radius 2 is 1.81 bits per heavy atom. The van der Waals surface area contributed by atoms with Crippen LogP contribution in [0.15, 0.2) is 0 Å². The fourth-order valence-electron chi connectivity index (χ4n) is 1.44. The molecule has 16 heavy (non-hydrogen) atoms. The Morgan fingerprint density at radius 1 is 1.19 bits per heavy atom. The maximum absolute atomic E-state index is 9.51. The van der Waals surface area contributed by atoms with Crippen LogP contribution in [0.5, 0.6) is 0 Å². The first-order valence-corrected chi connectivity index (χ1v) is 5.07.